The summed E-state index contributed by atoms with van der Waals surface area (Å²) in [6.07, 6.45) is 3.58. The lowest BCUT2D eigenvalue weighted by Gasteiger charge is -2.14. The number of nitro benzene ring substituents is 1. The Balaban J connectivity index is 1.90. The van der Waals surface area contributed by atoms with Gasteiger partial charge >= 0.3 is 0 Å². The molecule has 0 aromatic heterocycles. The average molecular weight is 295 g/mol. The SMILES string of the molecule is C[C@H](O)c1cc([N+](=O)[O-])ccc1OCCCC1CCCO1. The van der Waals surface area contributed by atoms with Crippen LogP contribution in [0.15, 0.2) is 18.2 Å². The van der Waals surface area contributed by atoms with E-state index in [2.05, 4.69) is 0 Å². The third-order valence-corrected chi connectivity index (χ3v) is 3.61. The molecule has 6 heteroatoms. The number of benzene rings is 1. The van der Waals surface area contributed by atoms with Crippen molar-refractivity contribution >= 4 is 5.69 Å². The van der Waals surface area contributed by atoms with Crippen molar-refractivity contribution in [3.8, 4) is 5.75 Å². The van der Waals surface area contributed by atoms with E-state index in [0.29, 0.717) is 24.0 Å². The number of nitrogens with zero attached hydrogens (tertiary/aromatic N) is 1. The zero-order chi connectivity index (χ0) is 15.2. The second-order valence-corrected chi connectivity index (χ2v) is 5.28. The van der Waals surface area contributed by atoms with Crippen LogP contribution in [0.4, 0.5) is 5.69 Å². The molecule has 0 radical (unpaired) electrons. The molecule has 0 aliphatic carbocycles. The first-order valence-corrected chi connectivity index (χ1v) is 7.28. The number of hydrogen-bond acceptors (Lipinski definition) is 5. The Bertz CT molecular complexity index is 483. The minimum Gasteiger partial charge on any atom is -0.493 e. The van der Waals surface area contributed by atoms with E-state index in [1.165, 1.54) is 12.1 Å². The molecule has 1 fully saturated rings. The van der Waals surface area contributed by atoms with Gasteiger partial charge in [-0.25, -0.2) is 0 Å². The molecule has 116 valence electrons. The number of aliphatic hydroxyl groups excluding tert-OH is 1. The zero-order valence-corrected chi connectivity index (χ0v) is 12.2. The molecule has 1 heterocycles. The highest BCUT2D eigenvalue weighted by atomic mass is 16.6. The summed E-state index contributed by atoms with van der Waals surface area (Å²) >= 11 is 0. The fourth-order valence-electron chi connectivity index (χ4n) is 2.47. The summed E-state index contributed by atoms with van der Waals surface area (Å²) in [5, 5.41) is 20.5. The molecule has 6 nitrogen and oxygen atoms in total. The van der Waals surface area contributed by atoms with Gasteiger partial charge in [0.1, 0.15) is 5.75 Å². The first kappa shape index (κ1) is 15.7. The van der Waals surface area contributed by atoms with E-state index in [9.17, 15) is 15.2 Å². The molecule has 21 heavy (non-hydrogen) atoms. The Labute approximate surface area is 123 Å². The lowest BCUT2D eigenvalue weighted by atomic mass is 10.1. The Kier molecular flexibility index (Phi) is 5.52. The molecule has 0 spiro atoms. The maximum atomic E-state index is 10.8. The van der Waals surface area contributed by atoms with E-state index in [1.54, 1.807) is 13.0 Å². The summed E-state index contributed by atoms with van der Waals surface area (Å²) in [4.78, 5) is 10.3. The van der Waals surface area contributed by atoms with E-state index in [0.717, 1.165) is 32.3 Å². The van der Waals surface area contributed by atoms with Crippen LogP contribution in [0.2, 0.25) is 0 Å². The predicted molar refractivity (Wildman–Crippen MR) is 77.4 cm³/mol. The number of hydrogen-bond donors (Lipinski definition) is 1. The Morgan fingerprint density at radius 1 is 1.57 bits per heavy atom. The fourth-order valence-corrected chi connectivity index (χ4v) is 2.47. The van der Waals surface area contributed by atoms with Crippen LogP contribution < -0.4 is 4.74 Å². The Morgan fingerprint density at radius 3 is 3.00 bits per heavy atom. The van der Waals surface area contributed by atoms with Crippen molar-refractivity contribution in [2.75, 3.05) is 13.2 Å². The third-order valence-electron chi connectivity index (χ3n) is 3.61. The lowest BCUT2D eigenvalue weighted by Crippen LogP contribution is -2.08. The van der Waals surface area contributed by atoms with E-state index in [-0.39, 0.29) is 5.69 Å². The number of non-ortho nitro benzene ring substituents is 1. The first-order valence-electron chi connectivity index (χ1n) is 7.28. The number of rotatable bonds is 7. The van der Waals surface area contributed by atoms with Crippen LogP contribution in [0.1, 0.15) is 44.3 Å². The molecule has 1 aromatic carbocycles. The molecule has 0 amide bonds. The molecule has 1 aliphatic rings. The van der Waals surface area contributed by atoms with Crippen LogP contribution in [0.3, 0.4) is 0 Å². The summed E-state index contributed by atoms with van der Waals surface area (Å²) < 4.78 is 11.2. The zero-order valence-electron chi connectivity index (χ0n) is 12.2. The summed E-state index contributed by atoms with van der Waals surface area (Å²) in [7, 11) is 0. The van der Waals surface area contributed by atoms with Gasteiger partial charge in [-0.2, -0.15) is 0 Å². The van der Waals surface area contributed by atoms with Crippen molar-refractivity contribution in [1.82, 2.24) is 0 Å². The number of ether oxygens (including phenoxy) is 2. The molecule has 1 aliphatic heterocycles. The molecule has 2 atom stereocenters. The van der Waals surface area contributed by atoms with Crippen LogP contribution in [-0.2, 0) is 4.74 Å². The second-order valence-electron chi connectivity index (χ2n) is 5.28. The summed E-state index contributed by atoms with van der Waals surface area (Å²) in [6, 6.07) is 4.30. The van der Waals surface area contributed by atoms with Gasteiger partial charge in [-0.15, -0.1) is 0 Å². The van der Waals surface area contributed by atoms with Gasteiger partial charge in [-0.05, 0) is 38.7 Å². The van der Waals surface area contributed by atoms with Crippen molar-refractivity contribution < 1.29 is 19.5 Å². The fraction of sp³-hybridized carbons (Fsp3) is 0.600. The summed E-state index contributed by atoms with van der Waals surface area (Å²) in [5.41, 5.74) is 0.402. The summed E-state index contributed by atoms with van der Waals surface area (Å²) in [5.74, 6) is 0.503. The van der Waals surface area contributed by atoms with E-state index in [4.69, 9.17) is 9.47 Å². The highest BCUT2D eigenvalue weighted by Gasteiger charge is 2.17. The van der Waals surface area contributed by atoms with Crippen molar-refractivity contribution in [1.29, 1.82) is 0 Å². The van der Waals surface area contributed by atoms with Crippen molar-refractivity contribution in [2.24, 2.45) is 0 Å². The number of nitro groups is 1. The summed E-state index contributed by atoms with van der Waals surface area (Å²) in [6.45, 7) is 2.93. The lowest BCUT2D eigenvalue weighted by molar-refractivity contribution is -0.385. The van der Waals surface area contributed by atoms with Gasteiger partial charge in [0, 0.05) is 24.3 Å². The average Bonchev–Trinajstić information content (AvgIpc) is 2.96. The van der Waals surface area contributed by atoms with E-state index >= 15 is 0 Å². The van der Waals surface area contributed by atoms with Crippen LogP contribution in [0.5, 0.6) is 5.75 Å². The molecule has 0 bridgehead atoms. The van der Waals surface area contributed by atoms with E-state index in [1.807, 2.05) is 0 Å². The smallest absolute Gasteiger partial charge is 0.270 e. The van der Waals surface area contributed by atoms with Crippen LogP contribution in [-0.4, -0.2) is 29.3 Å². The molecule has 2 rings (SSSR count). The molecule has 1 N–H and O–H groups in total. The molecule has 1 saturated heterocycles. The molecular weight excluding hydrogens is 274 g/mol. The van der Waals surface area contributed by atoms with Gasteiger partial charge in [0.2, 0.25) is 0 Å². The maximum absolute atomic E-state index is 10.8. The van der Waals surface area contributed by atoms with Crippen molar-refractivity contribution in [3.63, 3.8) is 0 Å². The monoisotopic (exact) mass is 295 g/mol. The first-order chi connectivity index (χ1) is 10.1. The van der Waals surface area contributed by atoms with Gasteiger partial charge < -0.3 is 14.6 Å². The highest BCUT2D eigenvalue weighted by molar-refractivity contribution is 5.44. The van der Waals surface area contributed by atoms with Crippen LogP contribution in [0.25, 0.3) is 0 Å². The van der Waals surface area contributed by atoms with Gasteiger partial charge in [0.25, 0.3) is 5.69 Å². The minimum absolute atomic E-state index is 0.0439. The maximum Gasteiger partial charge on any atom is 0.270 e. The van der Waals surface area contributed by atoms with Crippen LogP contribution >= 0.6 is 0 Å². The Morgan fingerprint density at radius 2 is 2.38 bits per heavy atom. The predicted octanol–water partition coefficient (Wildman–Crippen LogP) is 2.99. The van der Waals surface area contributed by atoms with Crippen LogP contribution in [0, 0.1) is 10.1 Å². The normalized spacial score (nSPS) is 19.4. The molecular formula is C15H21NO5. The topological polar surface area (TPSA) is 81.8 Å². The minimum atomic E-state index is -0.807. The Hall–Kier alpha value is -1.66. The standard InChI is InChI=1S/C15H21NO5/c1-11(17)14-10-12(16(18)19)6-7-15(14)21-9-3-5-13-4-2-8-20-13/h6-7,10-11,13,17H,2-5,8-9H2,1H3/t11-,13?/m0/s1. The third kappa shape index (κ3) is 4.41. The largest absolute Gasteiger partial charge is 0.493 e. The highest BCUT2D eigenvalue weighted by Crippen LogP contribution is 2.29. The molecule has 1 aromatic rings. The quantitative estimate of drug-likeness (QED) is 0.475. The van der Waals surface area contributed by atoms with Gasteiger partial charge in [0.15, 0.2) is 0 Å². The van der Waals surface area contributed by atoms with Gasteiger partial charge in [-0.1, -0.05) is 0 Å². The van der Waals surface area contributed by atoms with Gasteiger partial charge in [0.05, 0.1) is 23.7 Å². The van der Waals surface area contributed by atoms with Crippen molar-refractivity contribution in [3.05, 3.63) is 33.9 Å². The second kappa shape index (κ2) is 7.38. The van der Waals surface area contributed by atoms with Crippen molar-refractivity contribution in [2.45, 2.75) is 44.8 Å². The number of aliphatic hydroxyl groups is 1. The van der Waals surface area contributed by atoms with Gasteiger partial charge in [-0.3, -0.25) is 10.1 Å². The molecule has 1 unspecified atom stereocenters. The molecule has 0 saturated carbocycles. The van der Waals surface area contributed by atoms with E-state index < -0.39 is 11.0 Å².